The Labute approximate surface area is 148 Å². The summed E-state index contributed by atoms with van der Waals surface area (Å²) in [4.78, 5) is 29.4. The number of ketones is 1. The Morgan fingerprint density at radius 3 is 2.68 bits per heavy atom. The highest BCUT2D eigenvalue weighted by Gasteiger charge is 2.30. The van der Waals surface area contributed by atoms with Crippen molar-refractivity contribution < 1.29 is 19.1 Å². The first-order valence-electron chi connectivity index (χ1n) is 7.48. The second-order valence-corrected chi connectivity index (χ2v) is 6.98. The number of amides is 1. The summed E-state index contributed by atoms with van der Waals surface area (Å²) in [7, 11) is 0. The fourth-order valence-corrected chi connectivity index (χ4v) is 2.60. The van der Waals surface area contributed by atoms with Crippen LogP contribution in [0.3, 0.4) is 0 Å². The summed E-state index contributed by atoms with van der Waals surface area (Å²) in [6.07, 6.45) is 2.69. The number of aromatic hydroxyl groups is 1. The van der Waals surface area contributed by atoms with E-state index < -0.39 is 23.2 Å². The first-order chi connectivity index (χ1) is 11.7. The van der Waals surface area contributed by atoms with Crippen molar-refractivity contribution in [3.05, 3.63) is 47.0 Å². The van der Waals surface area contributed by atoms with E-state index in [1.807, 2.05) is 0 Å². The van der Waals surface area contributed by atoms with Gasteiger partial charge in [-0.2, -0.15) is 0 Å². The highest BCUT2D eigenvalue weighted by Crippen LogP contribution is 2.33. The summed E-state index contributed by atoms with van der Waals surface area (Å²) in [5, 5.41) is 13.6. The van der Waals surface area contributed by atoms with Gasteiger partial charge < -0.3 is 14.8 Å². The molecule has 0 saturated heterocycles. The average molecular weight is 362 g/mol. The van der Waals surface area contributed by atoms with Crippen molar-refractivity contribution in [3.63, 3.8) is 0 Å². The summed E-state index contributed by atoms with van der Waals surface area (Å²) < 4.78 is 6.09. The van der Waals surface area contributed by atoms with Gasteiger partial charge in [0.15, 0.2) is 5.76 Å². The molecule has 0 fully saturated rings. The number of carbonyl (C=O) groups excluding carboxylic acids is 2. The molecule has 0 bridgehead atoms. The molecule has 3 rings (SSSR count). The van der Waals surface area contributed by atoms with Crippen LogP contribution in [0.15, 0.2) is 35.1 Å². The maximum Gasteiger partial charge on any atom is 0.329 e. The summed E-state index contributed by atoms with van der Waals surface area (Å²) in [6.45, 7) is 5.40. The fourth-order valence-electron chi connectivity index (χ4n) is 2.45. The number of furan rings is 1. The Bertz CT molecular complexity index is 968. The molecule has 3 heterocycles. The van der Waals surface area contributed by atoms with Crippen LogP contribution in [0.2, 0.25) is 5.02 Å². The molecule has 7 nitrogen and oxygen atoms in total. The molecule has 0 spiro atoms. The van der Waals surface area contributed by atoms with Crippen molar-refractivity contribution >= 4 is 34.4 Å². The number of hydrogen-bond acceptors (Lipinski definition) is 5. The SMILES string of the molecule is CC(C)(C)NC(=O)n1c(O)c(C(=O)c2ccco2)c2ncc(Cl)cc21. The smallest absolute Gasteiger partial charge is 0.329 e. The Morgan fingerprint density at radius 1 is 1.36 bits per heavy atom. The third kappa shape index (κ3) is 3.10. The molecule has 0 saturated carbocycles. The summed E-state index contributed by atoms with van der Waals surface area (Å²) >= 11 is 5.98. The molecule has 0 aliphatic rings. The summed E-state index contributed by atoms with van der Waals surface area (Å²) in [6, 6.07) is 3.89. The highest BCUT2D eigenvalue weighted by atomic mass is 35.5. The van der Waals surface area contributed by atoms with E-state index in [1.165, 1.54) is 24.6 Å². The molecule has 1 amide bonds. The molecule has 0 aliphatic heterocycles. The topological polar surface area (TPSA) is 97.4 Å². The lowest BCUT2D eigenvalue weighted by molar-refractivity contribution is 0.101. The van der Waals surface area contributed by atoms with Crippen molar-refractivity contribution in [1.82, 2.24) is 14.9 Å². The van der Waals surface area contributed by atoms with Gasteiger partial charge in [0, 0.05) is 11.7 Å². The van der Waals surface area contributed by atoms with Crippen molar-refractivity contribution in [3.8, 4) is 5.88 Å². The van der Waals surface area contributed by atoms with Gasteiger partial charge in [0.05, 0.1) is 16.8 Å². The van der Waals surface area contributed by atoms with Crippen molar-refractivity contribution in [2.75, 3.05) is 0 Å². The lowest BCUT2D eigenvalue weighted by Crippen LogP contribution is -2.42. The second-order valence-electron chi connectivity index (χ2n) is 6.54. The van der Waals surface area contributed by atoms with E-state index in [1.54, 1.807) is 26.8 Å². The highest BCUT2D eigenvalue weighted by molar-refractivity contribution is 6.31. The number of fused-ring (bicyclic) bond motifs is 1. The first kappa shape index (κ1) is 17.0. The van der Waals surface area contributed by atoms with Crippen LogP contribution in [0.4, 0.5) is 4.79 Å². The Hall–Kier alpha value is -2.80. The van der Waals surface area contributed by atoms with E-state index in [0.717, 1.165) is 4.57 Å². The van der Waals surface area contributed by atoms with Crippen LogP contribution >= 0.6 is 11.6 Å². The molecular weight excluding hydrogens is 346 g/mol. The van der Waals surface area contributed by atoms with E-state index in [2.05, 4.69) is 10.3 Å². The van der Waals surface area contributed by atoms with E-state index in [0.29, 0.717) is 0 Å². The van der Waals surface area contributed by atoms with Crippen LogP contribution in [0, 0.1) is 0 Å². The third-order valence-electron chi connectivity index (χ3n) is 3.40. The van der Waals surface area contributed by atoms with Crippen LogP contribution in [-0.4, -0.2) is 32.0 Å². The molecule has 0 aliphatic carbocycles. The number of nitrogens with one attached hydrogen (secondary N) is 1. The van der Waals surface area contributed by atoms with Crippen LogP contribution in [-0.2, 0) is 0 Å². The maximum atomic E-state index is 12.7. The standard InChI is InChI=1S/C17H16ClN3O4/c1-17(2,3)20-16(24)21-10-7-9(18)8-19-13(10)12(15(21)23)14(22)11-5-4-6-25-11/h4-8,23H,1-3H3,(H,20,24). The van der Waals surface area contributed by atoms with Gasteiger partial charge >= 0.3 is 6.03 Å². The molecule has 0 unspecified atom stereocenters. The minimum absolute atomic E-state index is 0.0299. The van der Waals surface area contributed by atoms with E-state index in [4.69, 9.17) is 16.0 Å². The third-order valence-corrected chi connectivity index (χ3v) is 3.61. The van der Waals surface area contributed by atoms with Gasteiger partial charge in [-0.05, 0) is 39.0 Å². The van der Waals surface area contributed by atoms with Crippen LogP contribution in [0.5, 0.6) is 5.88 Å². The van der Waals surface area contributed by atoms with Crippen molar-refractivity contribution in [1.29, 1.82) is 0 Å². The number of halogens is 1. The maximum absolute atomic E-state index is 12.7. The molecule has 130 valence electrons. The number of pyridine rings is 1. The first-order valence-corrected chi connectivity index (χ1v) is 7.86. The molecule has 8 heteroatoms. The summed E-state index contributed by atoms with van der Waals surface area (Å²) in [5.74, 6) is -1.07. The zero-order valence-corrected chi connectivity index (χ0v) is 14.6. The zero-order valence-electron chi connectivity index (χ0n) is 13.8. The van der Waals surface area contributed by atoms with Crippen LogP contribution in [0.1, 0.15) is 36.9 Å². The van der Waals surface area contributed by atoms with Crippen LogP contribution in [0.25, 0.3) is 11.0 Å². The number of nitrogens with zero attached hydrogens (tertiary/aromatic N) is 2. The predicted molar refractivity (Wildman–Crippen MR) is 92.2 cm³/mol. The normalized spacial score (nSPS) is 11.7. The molecule has 25 heavy (non-hydrogen) atoms. The van der Waals surface area contributed by atoms with Gasteiger partial charge in [-0.1, -0.05) is 11.6 Å². The lowest BCUT2D eigenvalue weighted by Gasteiger charge is -2.21. The monoisotopic (exact) mass is 361 g/mol. The minimum atomic E-state index is -0.599. The lowest BCUT2D eigenvalue weighted by atomic mass is 10.1. The average Bonchev–Trinajstić information content (AvgIpc) is 3.10. The number of hydrogen-bond donors (Lipinski definition) is 2. The summed E-state index contributed by atoms with van der Waals surface area (Å²) in [5.41, 5.74) is -0.281. The van der Waals surface area contributed by atoms with Gasteiger partial charge in [0.25, 0.3) is 0 Å². The number of aromatic nitrogens is 2. The quantitative estimate of drug-likeness (QED) is 0.680. The molecule has 2 N–H and O–H groups in total. The zero-order chi connectivity index (χ0) is 18.4. The number of rotatable bonds is 2. The van der Waals surface area contributed by atoms with E-state index >= 15 is 0 Å². The molecule has 3 aromatic heterocycles. The Balaban J connectivity index is 2.24. The van der Waals surface area contributed by atoms with Gasteiger partial charge in [-0.15, -0.1) is 0 Å². The van der Waals surface area contributed by atoms with Gasteiger partial charge in [0.2, 0.25) is 11.7 Å². The molecule has 0 radical (unpaired) electrons. The largest absolute Gasteiger partial charge is 0.494 e. The van der Waals surface area contributed by atoms with Gasteiger partial charge in [-0.25, -0.2) is 9.36 Å². The molecule has 3 aromatic rings. The molecule has 0 atom stereocenters. The van der Waals surface area contributed by atoms with Gasteiger partial charge in [-0.3, -0.25) is 9.78 Å². The Morgan fingerprint density at radius 2 is 2.08 bits per heavy atom. The fraction of sp³-hybridized carbons (Fsp3) is 0.235. The predicted octanol–water partition coefficient (Wildman–Crippen LogP) is 3.58. The van der Waals surface area contributed by atoms with Crippen LogP contribution < -0.4 is 5.32 Å². The number of carbonyl (C=O) groups is 2. The van der Waals surface area contributed by atoms with Crippen molar-refractivity contribution in [2.24, 2.45) is 0 Å². The van der Waals surface area contributed by atoms with Crippen molar-refractivity contribution in [2.45, 2.75) is 26.3 Å². The van der Waals surface area contributed by atoms with E-state index in [-0.39, 0.29) is 27.4 Å². The van der Waals surface area contributed by atoms with Gasteiger partial charge in [0.1, 0.15) is 11.1 Å². The second kappa shape index (κ2) is 5.93. The van der Waals surface area contributed by atoms with E-state index in [9.17, 15) is 14.7 Å². The minimum Gasteiger partial charge on any atom is -0.494 e. The molecular formula is C17H16ClN3O4. The Kier molecular flexibility index (Phi) is 4.04. The molecule has 0 aromatic carbocycles.